The molecule has 0 fully saturated rings. The van der Waals surface area contributed by atoms with Crippen molar-refractivity contribution in [3.63, 3.8) is 0 Å². The van der Waals surface area contributed by atoms with Gasteiger partial charge in [-0.1, -0.05) is 0 Å². The van der Waals surface area contributed by atoms with E-state index in [1.165, 1.54) is 6.08 Å². The van der Waals surface area contributed by atoms with Gasteiger partial charge in [0.2, 0.25) is 0 Å². The van der Waals surface area contributed by atoms with Gasteiger partial charge in [-0.15, -0.1) is 0 Å². The molecule has 12 heavy (non-hydrogen) atoms. The zero-order valence-electron chi connectivity index (χ0n) is 7.85. The fourth-order valence-electron chi connectivity index (χ4n) is 0.502. The molecule has 4 N–H and O–H groups in total. The smallest absolute Gasteiger partial charge is 0.0813 e. The molecule has 0 bridgehead atoms. The third kappa shape index (κ3) is 7.24. The van der Waals surface area contributed by atoms with Crippen molar-refractivity contribution in [1.29, 1.82) is 5.41 Å². The van der Waals surface area contributed by atoms with Gasteiger partial charge in [-0.3, -0.25) is 4.84 Å². The van der Waals surface area contributed by atoms with Crippen molar-refractivity contribution >= 4 is 6.21 Å². The van der Waals surface area contributed by atoms with Crippen LogP contribution in [0.3, 0.4) is 0 Å². The molecule has 0 aliphatic carbocycles. The first kappa shape index (κ1) is 11.1. The third-order valence-corrected chi connectivity index (χ3v) is 0.952. The highest BCUT2D eigenvalue weighted by molar-refractivity contribution is 5.68. The molecule has 4 heteroatoms. The van der Waals surface area contributed by atoms with Crippen molar-refractivity contribution in [3.05, 3.63) is 11.8 Å². The lowest BCUT2D eigenvalue weighted by Crippen LogP contribution is -2.31. The second-order valence-corrected chi connectivity index (χ2v) is 3.44. The lowest BCUT2D eigenvalue weighted by atomic mass is 10.2. The molecule has 0 aliphatic heterocycles. The molecule has 0 unspecified atom stereocenters. The van der Waals surface area contributed by atoms with Crippen molar-refractivity contribution in [2.24, 2.45) is 5.73 Å². The number of hydroxylamine groups is 1. The number of allylic oxidation sites excluding steroid dienone is 1. The second kappa shape index (κ2) is 4.90. The molecular weight excluding hydrogens is 154 g/mol. The maximum absolute atomic E-state index is 6.74. The van der Waals surface area contributed by atoms with Crippen molar-refractivity contribution in [2.75, 3.05) is 6.54 Å². The normalized spacial score (nSPS) is 13.1. The monoisotopic (exact) mass is 171 g/mol. The molecule has 0 spiro atoms. The van der Waals surface area contributed by atoms with Gasteiger partial charge >= 0.3 is 0 Å². The predicted octanol–water partition coefficient (Wildman–Crippen LogP) is 0.798. The van der Waals surface area contributed by atoms with Gasteiger partial charge < -0.3 is 11.1 Å². The predicted molar refractivity (Wildman–Crippen MR) is 49.9 cm³/mol. The molecule has 0 aromatic carbocycles. The molecule has 0 aromatic heterocycles. The van der Waals surface area contributed by atoms with Crippen LogP contribution in [0.1, 0.15) is 20.8 Å². The Bertz CT molecular complexity index is 170. The summed E-state index contributed by atoms with van der Waals surface area (Å²) in [6, 6.07) is 0. The third-order valence-electron chi connectivity index (χ3n) is 0.952. The van der Waals surface area contributed by atoms with Crippen molar-refractivity contribution in [3.8, 4) is 0 Å². The fourth-order valence-corrected chi connectivity index (χ4v) is 0.502. The Balaban J connectivity index is 3.57. The average Bonchev–Trinajstić information content (AvgIpc) is 1.84. The summed E-state index contributed by atoms with van der Waals surface area (Å²) < 4.78 is 0. The summed E-state index contributed by atoms with van der Waals surface area (Å²) in [4.78, 5) is 5.20. The first-order valence-corrected chi connectivity index (χ1v) is 3.81. The van der Waals surface area contributed by atoms with Gasteiger partial charge in [0.05, 0.1) is 12.1 Å². The number of nitrogens with two attached hydrogens (primary N) is 1. The zero-order valence-corrected chi connectivity index (χ0v) is 7.85. The molecule has 0 amide bonds. The van der Waals surface area contributed by atoms with Crippen LogP contribution in [0.5, 0.6) is 0 Å². The molecule has 0 saturated heterocycles. The number of rotatable bonds is 4. The standard InChI is InChI=1S/C8H17N3O/c1-8(2,3)12-11-6-7(10)4-5-9/h4-5,9,11H,6,10H2,1-3H3/b7-4-,9-5?. The van der Waals surface area contributed by atoms with Crippen LogP contribution in [0.25, 0.3) is 0 Å². The van der Waals surface area contributed by atoms with Crippen LogP contribution in [0.4, 0.5) is 0 Å². The number of hydrogen-bond acceptors (Lipinski definition) is 4. The van der Waals surface area contributed by atoms with E-state index in [0.29, 0.717) is 12.2 Å². The van der Waals surface area contributed by atoms with Crippen LogP contribution in [0.15, 0.2) is 11.8 Å². The highest BCUT2D eigenvalue weighted by atomic mass is 16.7. The molecule has 0 rings (SSSR count). The van der Waals surface area contributed by atoms with E-state index in [0.717, 1.165) is 6.21 Å². The molecule has 0 heterocycles. The lowest BCUT2D eigenvalue weighted by Gasteiger charge is -2.19. The maximum Gasteiger partial charge on any atom is 0.0813 e. The van der Waals surface area contributed by atoms with Crippen molar-refractivity contribution in [2.45, 2.75) is 26.4 Å². The van der Waals surface area contributed by atoms with E-state index in [1.807, 2.05) is 20.8 Å². The van der Waals surface area contributed by atoms with Crippen LogP contribution in [-0.2, 0) is 4.84 Å². The van der Waals surface area contributed by atoms with E-state index in [4.69, 9.17) is 16.0 Å². The summed E-state index contributed by atoms with van der Waals surface area (Å²) in [5, 5.41) is 6.74. The summed E-state index contributed by atoms with van der Waals surface area (Å²) >= 11 is 0. The largest absolute Gasteiger partial charge is 0.401 e. The molecule has 0 aromatic rings. The SMILES string of the molecule is CC(C)(C)ONC/C(N)=C/C=N. The maximum atomic E-state index is 6.74. The topological polar surface area (TPSA) is 71.1 Å². The Labute approximate surface area is 73.2 Å². The van der Waals surface area contributed by atoms with E-state index >= 15 is 0 Å². The molecule has 0 atom stereocenters. The minimum absolute atomic E-state index is 0.217. The van der Waals surface area contributed by atoms with Crippen LogP contribution >= 0.6 is 0 Å². The van der Waals surface area contributed by atoms with E-state index in [-0.39, 0.29) is 5.60 Å². The highest BCUT2D eigenvalue weighted by Crippen LogP contribution is 2.03. The van der Waals surface area contributed by atoms with Crippen molar-refractivity contribution in [1.82, 2.24) is 5.48 Å². The van der Waals surface area contributed by atoms with Crippen LogP contribution in [-0.4, -0.2) is 18.4 Å². The Kier molecular flexibility index (Phi) is 4.54. The van der Waals surface area contributed by atoms with Crippen LogP contribution in [0, 0.1) is 5.41 Å². The summed E-state index contributed by atoms with van der Waals surface area (Å²) in [5.74, 6) is 0. The highest BCUT2D eigenvalue weighted by Gasteiger charge is 2.09. The zero-order chi connectivity index (χ0) is 9.61. The summed E-state index contributed by atoms with van der Waals surface area (Å²) in [7, 11) is 0. The summed E-state index contributed by atoms with van der Waals surface area (Å²) in [6.45, 7) is 6.26. The Morgan fingerprint density at radius 3 is 2.58 bits per heavy atom. The molecular formula is C8H17N3O. The minimum Gasteiger partial charge on any atom is -0.401 e. The Hall–Kier alpha value is -0.870. The Morgan fingerprint density at radius 1 is 1.58 bits per heavy atom. The van der Waals surface area contributed by atoms with Gasteiger partial charge in [0.25, 0.3) is 0 Å². The van der Waals surface area contributed by atoms with Gasteiger partial charge in [-0.25, -0.2) is 0 Å². The number of nitrogens with one attached hydrogen (secondary N) is 2. The van der Waals surface area contributed by atoms with E-state index in [9.17, 15) is 0 Å². The summed E-state index contributed by atoms with van der Waals surface area (Å²) in [6.07, 6.45) is 2.66. The minimum atomic E-state index is -0.217. The van der Waals surface area contributed by atoms with Crippen LogP contribution in [0.2, 0.25) is 0 Å². The van der Waals surface area contributed by atoms with Gasteiger partial charge in [-0.2, -0.15) is 5.48 Å². The number of hydrogen-bond donors (Lipinski definition) is 3. The average molecular weight is 171 g/mol. The van der Waals surface area contributed by atoms with Gasteiger partial charge in [0.15, 0.2) is 0 Å². The van der Waals surface area contributed by atoms with E-state index in [2.05, 4.69) is 5.48 Å². The second-order valence-electron chi connectivity index (χ2n) is 3.44. The molecule has 0 aliphatic rings. The van der Waals surface area contributed by atoms with Crippen LogP contribution < -0.4 is 11.2 Å². The lowest BCUT2D eigenvalue weighted by molar-refractivity contribution is -0.0687. The van der Waals surface area contributed by atoms with Gasteiger partial charge in [-0.05, 0) is 26.8 Å². The first-order chi connectivity index (χ1) is 5.45. The van der Waals surface area contributed by atoms with Crippen molar-refractivity contribution < 1.29 is 4.84 Å². The molecule has 0 radical (unpaired) electrons. The fraction of sp³-hybridized carbons (Fsp3) is 0.625. The van der Waals surface area contributed by atoms with E-state index in [1.54, 1.807) is 0 Å². The quantitative estimate of drug-likeness (QED) is 0.433. The molecule has 0 saturated carbocycles. The molecule has 70 valence electrons. The van der Waals surface area contributed by atoms with Gasteiger partial charge in [0, 0.05) is 11.9 Å². The van der Waals surface area contributed by atoms with E-state index < -0.39 is 0 Å². The molecule has 4 nitrogen and oxygen atoms in total. The summed E-state index contributed by atoms with van der Waals surface area (Å²) in [5.41, 5.74) is 8.55. The first-order valence-electron chi connectivity index (χ1n) is 3.81. The van der Waals surface area contributed by atoms with Gasteiger partial charge in [0.1, 0.15) is 0 Å². The Morgan fingerprint density at radius 2 is 2.17 bits per heavy atom.